The molecular formula is C16H26Cl2N2O. The minimum atomic E-state index is 0. The Hall–Kier alpha value is -0.480. The highest BCUT2D eigenvalue weighted by Crippen LogP contribution is 2.46. The van der Waals surface area contributed by atoms with Crippen molar-refractivity contribution in [2.24, 2.45) is 5.92 Å². The zero-order chi connectivity index (χ0) is 13.4. The van der Waals surface area contributed by atoms with Crippen LogP contribution in [0.1, 0.15) is 35.6 Å². The SMILES string of the molecule is Cc1cc(O)cc(C)c1[C@H](C1CC1)N1CCNCC1.Cl.Cl. The maximum absolute atomic E-state index is 9.74. The Bertz CT molecular complexity index is 448. The number of rotatable bonds is 3. The fourth-order valence-electron chi connectivity index (χ4n) is 3.51. The summed E-state index contributed by atoms with van der Waals surface area (Å²) in [5.41, 5.74) is 3.95. The van der Waals surface area contributed by atoms with Crippen molar-refractivity contribution in [2.75, 3.05) is 26.2 Å². The maximum atomic E-state index is 9.74. The smallest absolute Gasteiger partial charge is 0.116 e. The third-order valence-electron chi connectivity index (χ3n) is 4.49. The van der Waals surface area contributed by atoms with E-state index in [4.69, 9.17) is 0 Å². The molecule has 120 valence electrons. The molecule has 0 amide bonds. The summed E-state index contributed by atoms with van der Waals surface area (Å²) in [6, 6.07) is 4.39. The van der Waals surface area contributed by atoms with Crippen LogP contribution >= 0.6 is 24.8 Å². The van der Waals surface area contributed by atoms with Crippen LogP contribution in [0.15, 0.2) is 12.1 Å². The van der Waals surface area contributed by atoms with E-state index >= 15 is 0 Å². The molecule has 21 heavy (non-hydrogen) atoms. The van der Waals surface area contributed by atoms with Gasteiger partial charge in [0.15, 0.2) is 0 Å². The van der Waals surface area contributed by atoms with E-state index in [0.717, 1.165) is 32.1 Å². The fourth-order valence-corrected chi connectivity index (χ4v) is 3.51. The summed E-state index contributed by atoms with van der Waals surface area (Å²) < 4.78 is 0. The van der Waals surface area contributed by atoms with Gasteiger partial charge in [-0.15, -0.1) is 24.8 Å². The van der Waals surface area contributed by atoms with Gasteiger partial charge < -0.3 is 10.4 Å². The lowest BCUT2D eigenvalue weighted by atomic mass is 9.91. The number of aromatic hydroxyl groups is 1. The van der Waals surface area contributed by atoms with Crippen LogP contribution in [0.4, 0.5) is 0 Å². The molecule has 1 saturated carbocycles. The first-order chi connectivity index (χ1) is 9.16. The standard InChI is InChI=1S/C16H24N2O.2ClH/c1-11-9-14(19)10-12(2)15(11)16(13-3-4-13)18-7-5-17-6-8-18;;/h9-10,13,16-17,19H,3-8H2,1-2H3;2*1H/t16-;;/m0../s1. The van der Waals surface area contributed by atoms with Gasteiger partial charge in [-0.25, -0.2) is 0 Å². The van der Waals surface area contributed by atoms with Gasteiger partial charge in [-0.2, -0.15) is 0 Å². The molecule has 2 N–H and O–H groups in total. The predicted octanol–water partition coefficient (Wildman–Crippen LogP) is 3.21. The molecule has 1 atom stereocenters. The van der Waals surface area contributed by atoms with E-state index in [-0.39, 0.29) is 24.8 Å². The number of phenols is 1. The molecule has 2 fully saturated rings. The van der Waals surface area contributed by atoms with Crippen LogP contribution in [0, 0.1) is 19.8 Å². The number of phenolic OH excluding ortho intramolecular Hbond substituents is 1. The van der Waals surface area contributed by atoms with Gasteiger partial charge in [0.2, 0.25) is 0 Å². The largest absolute Gasteiger partial charge is 0.508 e. The second-order valence-corrected chi connectivity index (χ2v) is 6.06. The minimum absolute atomic E-state index is 0. The summed E-state index contributed by atoms with van der Waals surface area (Å²) in [6.07, 6.45) is 2.71. The van der Waals surface area contributed by atoms with E-state index < -0.39 is 0 Å². The maximum Gasteiger partial charge on any atom is 0.116 e. The quantitative estimate of drug-likeness (QED) is 0.892. The highest BCUT2D eigenvalue weighted by Gasteiger charge is 2.38. The number of halogens is 2. The van der Waals surface area contributed by atoms with Gasteiger partial charge in [0, 0.05) is 32.2 Å². The lowest BCUT2D eigenvalue weighted by Gasteiger charge is -2.37. The van der Waals surface area contributed by atoms with Crippen molar-refractivity contribution in [1.82, 2.24) is 10.2 Å². The highest BCUT2D eigenvalue weighted by atomic mass is 35.5. The minimum Gasteiger partial charge on any atom is -0.508 e. The number of nitrogens with zero attached hydrogens (tertiary/aromatic N) is 1. The average Bonchev–Trinajstić information content (AvgIpc) is 3.18. The second kappa shape index (κ2) is 7.68. The number of piperazine rings is 1. The number of hydrogen-bond acceptors (Lipinski definition) is 3. The predicted molar refractivity (Wildman–Crippen MR) is 92.0 cm³/mol. The third-order valence-corrected chi connectivity index (χ3v) is 4.49. The van der Waals surface area contributed by atoms with Gasteiger partial charge in [-0.05, 0) is 61.4 Å². The van der Waals surface area contributed by atoms with Crippen molar-refractivity contribution in [3.05, 3.63) is 28.8 Å². The second-order valence-electron chi connectivity index (χ2n) is 6.06. The lowest BCUT2D eigenvalue weighted by molar-refractivity contribution is 0.155. The molecule has 3 nitrogen and oxygen atoms in total. The van der Waals surface area contributed by atoms with Crippen molar-refractivity contribution in [2.45, 2.75) is 32.7 Å². The Kier molecular flexibility index (Phi) is 6.79. The van der Waals surface area contributed by atoms with Gasteiger partial charge in [0.05, 0.1) is 0 Å². The van der Waals surface area contributed by atoms with Crippen molar-refractivity contribution in [3.8, 4) is 5.75 Å². The monoisotopic (exact) mass is 332 g/mol. The van der Waals surface area contributed by atoms with Gasteiger partial charge in [-0.3, -0.25) is 4.90 Å². The summed E-state index contributed by atoms with van der Waals surface area (Å²) in [7, 11) is 0. The summed E-state index contributed by atoms with van der Waals surface area (Å²) >= 11 is 0. The zero-order valence-electron chi connectivity index (χ0n) is 12.8. The molecule has 0 aromatic heterocycles. The normalized spacial score (nSPS) is 20.3. The molecular weight excluding hydrogens is 307 g/mol. The molecule has 0 spiro atoms. The van der Waals surface area contributed by atoms with Crippen LogP contribution in [-0.4, -0.2) is 36.2 Å². The summed E-state index contributed by atoms with van der Waals surface area (Å²) in [5.74, 6) is 1.22. The number of aryl methyl sites for hydroxylation is 2. The first-order valence-corrected chi connectivity index (χ1v) is 7.41. The zero-order valence-corrected chi connectivity index (χ0v) is 14.4. The molecule has 1 saturated heterocycles. The highest BCUT2D eigenvalue weighted by molar-refractivity contribution is 5.85. The van der Waals surface area contributed by atoms with E-state index in [1.54, 1.807) is 0 Å². The molecule has 1 aromatic carbocycles. The molecule has 0 unspecified atom stereocenters. The Labute approximate surface area is 139 Å². The van der Waals surface area contributed by atoms with Crippen molar-refractivity contribution in [1.29, 1.82) is 0 Å². The average molecular weight is 333 g/mol. The van der Waals surface area contributed by atoms with Crippen molar-refractivity contribution < 1.29 is 5.11 Å². The Morgan fingerprint density at radius 2 is 1.62 bits per heavy atom. The molecule has 2 aliphatic rings. The molecule has 1 heterocycles. The van der Waals surface area contributed by atoms with E-state index in [2.05, 4.69) is 24.1 Å². The fraction of sp³-hybridized carbons (Fsp3) is 0.625. The Morgan fingerprint density at radius 3 is 2.10 bits per heavy atom. The van der Waals surface area contributed by atoms with E-state index in [1.807, 2.05) is 12.1 Å². The molecule has 1 aromatic rings. The van der Waals surface area contributed by atoms with E-state index in [1.165, 1.54) is 29.5 Å². The van der Waals surface area contributed by atoms with Crippen LogP contribution < -0.4 is 5.32 Å². The Morgan fingerprint density at radius 1 is 1.10 bits per heavy atom. The number of hydrogen-bond donors (Lipinski definition) is 2. The van der Waals surface area contributed by atoms with E-state index in [0.29, 0.717) is 11.8 Å². The van der Waals surface area contributed by atoms with Gasteiger partial charge in [0.1, 0.15) is 5.75 Å². The number of benzene rings is 1. The summed E-state index contributed by atoms with van der Waals surface area (Å²) in [6.45, 7) is 8.75. The van der Waals surface area contributed by atoms with Crippen LogP contribution in [0.25, 0.3) is 0 Å². The molecule has 1 aliphatic carbocycles. The summed E-state index contributed by atoms with van der Waals surface area (Å²) in [4.78, 5) is 2.64. The topological polar surface area (TPSA) is 35.5 Å². The number of nitrogens with one attached hydrogen (secondary N) is 1. The molecule has 5 heteroatoms. The molecule has 1 aliphatic heterocycles. The first-order valence-electron chi connectivity index (χ1n) is 7.41. The first kappa shape index (κ1) is 18.6. The van der Waals surface area contributed by atoms with Crippen LogP contribution in [0.3, 0.4) is 0 Å². The van der Waals surface area contributed by atoms with Crippen molar-refractivity contribution >= 4 is 24.8 Å². The third kappa shape index (κ3) is 4.04. The lowest BCUT2D eigenvalue weighted by Crippen LogP contribution is -2.46. The molecule has 3 rings (SSSR count). The van der Waals surface area contributed by atoms with Crippen LogP contribution in [-0.2, 0) is 0 Å². The molecule has 0 bridgehead atoms. The Balaban J connectivity index is 0.00000110. The van der Waals surface area contributed by atoms with Gasteiger partial charge in [0.25, 0.3) is 0 Å². The van der Waals surface area contributed by atoms with Gasteiger partial charge in [-0.1, -0.05) is 0 Å². The van der Waals surface area contributed by atoms with Gasteiger partial charge >= 0.3 is 0 Å². The summed E-state index contributed by atoms with van der Waals surface area (Å²) in [5, 5.41) is 13.2. The van der Waals surface area contributed by atoms with Crippen LogP contribution in [0.2, 0.25) is 0 Å². The van der Waals surface area contributed by atoms with Crippen LogP contribution in [0.5, 0.6) is 5.75 Å². The van der Waals surface area contributed by atoms with Crippen molar-refractivity contribution in [3.63, 3.8) is 0 Å². The van der Waals surface area contributed by atoms with E-state index in [9.17, 15) is 5.11 Å². The molecule has 0 radical (unpaired) electrons.